The fraction of sp³-hybridized carbons (Fsp3) is 0.714. The van der Waals surface area contributed by atoms with Crippen molar-refractivity contribution in [1.29, 1.82) is 5.26 Å². The van der Waals surface area contributed by atoms with Gasteiger partial charge in [0.15, 0.2) is 0 Å². The van der Waals surface area contributed by atoms with E-state index in [1.807, 2.05) is 14.0 Å². The summed E-state index contributed by atoms with van der Waals surface area (Å²) in [4.78, 5) is 0. The van der Waals surface area contributed by atoms with Crippen molar-refractivity contribution in [3.05, 3.63) is 17.0 Å². The van der Waals surface area contributed by atoms with Crippen LogP contribution in [0.1, 0.15) is 43.6 Å². The highest BCUT2D eigenvalue weighted by Gasteiger charge is 2.20. The smallest absolute Gasteiger partial charge is 0.103 e. The Hall–Kier alpha value is -1.34. The Bertz CT molecular complexity index is 441. The van der Waals surface area contributed by atoms with Gasteiger partial charge in [0, 0.05) is 12.2 Å². The molecule has 18 heavy (non-hydrogen) atoms. The Morgan fingerprint density at radius 1 is 1.44 bits per heavy atom. The van der Waals surface area contributed by atoms with Gasteiger partial charge in [-0.3, -0.25) is 4.68 Å². The average molecular weight is 248 g/mol. The zero-order valence-electron chi connectivity index (χ0n) is 12.2. The minimum Gasteiger partial charge on any atom is -0.303 e. The Morgan fingerprint density at radius 2 is 2.11 bits per heavy atom. The van der Waals surface area contributed by atoms with E-state index in [4.69, 9.17) is 5.26 Å². The van der Waals surface area contributed by atoms with Crippen molar-refractivity contribution in [2.24, 2.45) is 0 Å². The van der Waals surface area contributed by atoms with Crippen LogP contribution in [0.25, 0.3) is 0 Å². The SMILES string of the molecule is CCc1c(C)nn(CCCC(C)(C#N)NC)c1C. The molecule has 0 bridgehead atoms. The fourth-order valence-electron chi connectivity index (χ4n) is 2.28. The highest BCUT2D eigenvalue weighted by atomic mass is 15.3. The third kappa shape index (κ3) is 3.11. The predicted octanol–water partition coefficient (Wildman–Crippen LogP) is 2.34. The number of hydrogen-bond acceptors (Lipinski definition) is 3. The highest BCUT2D eigenvalue weighted by molar-refractivity contribution is 5.24. The number of nitrogens with one attached hydrogen (secondary N) is 1. The Morgan fingerprint density at radius 3 is 2.56 bits per heavy atom. The summed E-state index contributed by atoms with van der Waals surface area (Å²) in [5.74, 6) is 0. The monoisotopic (exact) mass is 248 g/mol. The van der Waals surface area contributed by atoms with Gasteiger partial charge in [-0.05, 0) is 52.6 Å². The fourth-order valence-corrected chi connectivity index (χ4v) is 2.28. The van der Waals surface area contributed by atoms with Gasteiger partial charge in [0.2, 0.25) is 0 Å². The Balaban J connectivity index is 2.63. The molecule has 1 N–H and O–H groups in total. The van der Waals surface area contributed by atoms with Crippen molar-refractivity contribution in [2.45, 2.75) is 59.0 Å². The van der Waals surface area contributed by atoms with Crippen molar-refractivity contribution >= 4 is 0 Å². The molecule has 0 amide bonds. The predicted molar refractivity (Wildman–Crippen MR) is 73.4 cm³/mol. The number of hydrogen-bond donors (Lipinski definition) is 1. The lowest BCUT2D eigenvalue weighted by atomic mass is 9.98. The summed E-state index contributed by atoms with van der Waals surface area (Å²) in [7, 11) is 1.84. The minimum absolute atomic E-state index is 0.427. The first-order valence-electron chi connectivity index (χ1n) is 6.60. The van der Waals surface area contributed by atoms with E-state index >= 15 is 0 Å². The summed E-state index contributed by atoms with van der Waals surface area (Å²) in [6.07, 6.45) is 2.82. The zero-order chi connectivity index (χ0) is 13.8. The molecular weight excluding hydrogens is 224 g/mol. The second-order valence-corrected chi connectivity index (χ2v) is 5.02. The van der Waals surface area contributed by atoms with E-state index in [2.05, 4.69) is 41.9 Å². The van der Waals surface area contributed by atoms with Crippen molar-refractivity contribution < 1.29 is 0 Å². The van der Waals surface area contributed by atoms with E-state index in [1.165, 1.54) is 11.3 Å². The summed E-state index contributed by atoms with van der Waals surface area (Å²) >= 11 is 0. The van der Waals surface area contributed by atoms with E-state index < -0.39 is 5.54 Å². The normalized spacial score (nSPS) is 14.2. The lowest BCUT2D eigenvalue weighted by Crippen LogP contribution is -2.38. The van der Waals surface area contributed by atoms with Gasteiger partial charge in [-0.2, -0.15) is 10.4 Å². The summed E-state index contributed by atoms with van der Waals surface area (Å²) in [6, 6.07) is 2.32. The van der Waals surface area contributed by atoms with Crippen LogP contribution in [-0.2, 0) is 13.0 Å². The molecule has 0 aliphatic carbocycles. The molecule has 0 saturated heterocycles. The van der Waals surface area contributed by atoms with Crippen molar-refractivity contribution in [2.75, 3.05) is 7.05 Å². The van der Waals surface area contributed by atoms with Crippen LogP contribution in [0.3, 0.4) is 0 Å². The minimum atomic E-state index is -0.427. The van der Waals surface area contributed by atoms with Crippen LogP contribution in [0.5, 0.6) is 0 Å². The number of nitriles is 1. The lowest BCUT2D eigenvalue weighted by Gasteiger charge is -2.20. The van der Waals surface area contributed by atoms with Gasteiger partial charge in [0.25, 0.3) is 0 Å². The van der Waals surface area contributed by atoms with Crippen molar-refractivity contribution in [1.82, 2.24) is 15.1 Å². The summed E-state index contributed by atoms with van der Waals surface area (Å²) in [6.45, 7) is 9.17. The number of rotatable bonds is 6. The molecule has 1 aromatic heterocycles. The van der Waals surface area contributed by atoms with E-state index in [9.17, 15) is 0 Å². The molecule has 0 aliphatic heterocycles. The molecular formula is C14H24N4. The van der Waals surface area contributed by atoms with E-state index in [0.29, 0.717) is 0 Å². The first-order chi connectivity index (χ1) is 8.47. The zero-order valence-corrected chi connectivity index (χ0v) is 12.2. The van der Waals surface area contributed by atoms with Crippen LogP contribution in [0, 0.1) is 25.2 Å². The number of aromatic nitrogens is 2. The topological polar surface area (TPSA) is 53.6 Å². The maximum Gasteiger partial charge on any atom is 0.103 e. The number of nitrogens with zero attached hydrogens (tertiary/aromatic N) is 3. The summed E-state index contributed by atoms with van der Waals surface area (Å²) < 4.78 is 2.07. The van der Waals surface area contributed by atoms with E-state index in [0.717, 1.165) is 31.5 Å². The van der Waals surface area contributed by atoms with Crippen LogP contribution in [-0.4, -0.2) is 22.4 Å². The molecule has 1 rings (SSSR count). The molecule has 4 heteroatoms. The quantitative estimate of drug-likeness (QED) is 0.840. The Labute approximate surface area is 110 Å². The van der Waals surface area contributed by atoms with Gasteiger partial charge in [-0.1, -0.05) is 6.92 Å². The highest BCUT2D eigenvalue weighted by Crippen LogP contribution is 2.16. The van der Waals surface area contributed by atoms with E-state index in [1.54, 1.807) is 0 Å². The number of aryl methyl sites for hydroxylation is 2. The molecule has 1 aromatic rings. The van der Waals surface area contributed by atoms with Gasteiger partial charge < -0.3 is 5.32 Å². The molecule has 0 aliphatic rings. The van der Waals surface area contributed by atoms with Crippen LogP contribution in [0.4, 0.5) is 0 Å². The molecule has 0 radical (unpaired) electrons. The largest absolute Gasteiger partial charge is 0.303 e. The van der Waals surface area contributed by atoms with Gasteiger partial charge in [0.05, 0.1) is 11.8 Å². The van der Waals surface area contributed by atoms with Crippen LogP contribution < -0.4 is 5.32 Å². The maximum absolute atomic E-state index is 9.09. The molecule has 0 spiro atoms. The first kappa shape index (κ1) is 14.7. The van der Waals surface area contributed by atoms with E-state index in [-0.39, 0.29) is 0 Å². The second kappa shape index (κ2) is 6.01. The summed E-state index contributed by atoms with van der Waals surface area (Å²) in [5, 5.41) is 16.7. The van der Waals surface area contributed by atoms with Gasteiger partial charge >= 0.3 is 0 Å². The summed E-state index contributed by atoms with van der Waals surface area (Å²) in [5.41, 5.74) is 3.32. The third-order valence-corrected chi connectivity index (χ3v) is 3.73. The lowest BCUT2D eigenvalue weighted by molar-refractivity contribution is 0.413. The van der Waals surface area contributed by atoms with Crippen LogP contribution in [0.2, 0.25) is 0 Å². The van der Waals surface area contributed by atoms with Crippen molar-refractivity contribution in [3.63, 3.8) is 0 Å². The second-order valence-electron chi connectivity index (χ2n) is 5.02. The average Bonchev–Trinajstić information content (AvgIpc) is 2.64. The molecule has 1 unspecified atom stereocenters. The standard InChI is InChI=1S/C14H24N4/c1-6-13-11(2)17-18(12(13)3)9-7-8-14(4,10-15)16-5/h16H,6-9H2,1-5H3. The van der Waals surface area contributed by atoms with Gasteiger partial charge in [-0.25, -0.2) is 0 Å². The molecule has 0 fully saturated rings. The van der Waals surface area contributed by atoms with Gasteiger partial charge in [-0.15, -0.1) is 0 Å². The molecule has 4 nitrogen and oxygen atoms in total. The maximum atomic E-state index is 9.09. The third-order valence-electron chi connectivity index (χ3n) is 3.73. The van der Waals surface area contributed by atoms with Crippen LogP contribution in [0.15, 0.2) is 0 Å². The first-order valence-corrected chi connectivity index (χ1v) is 6.60. The van der Waals surface area contributed by atoms with Crippen molar-refractivity contribution in [3.8, 4) is 6.07 Å². The molecule has 0 saturated carbocycles. The molecule has 1 atom stereocenters. The molecule has 1 heterocycles. The molecule has 100 valence electrons. The molecule has 0 aromatic carbocycles. The Kier molecular flexibility index (Phi) is 4.92. The van der Waals surface area contributed by atoms with Crippen LogP contribution >= 0.6 is 0 Å². The van der Waals surface area contributed by atoms with Gasteiger partial charge in [0.1, 0.15) is 5.54 Å².